The molecule has 2 atom stereocenters. The highest BCUT2D eigenvalue weighted by molar-refractivity contribution is 7.42. The normalized spacial score (nSPS) is 19.4. The highest BCUT2D eigenvalue weighted by atomic mass is 31.2. The monoisotopic (exact) mass is 486 g/mol. The van der Waals surface area contributed by atoms with Gasteiger partial charge in [0.2, 0.25) is 0 Å². The van der Waals surface area contributed by atoms with Crippen molar-refractivity contribution in [2.24, 2.45) is 0 Å². The standard InChI is InChI=1S/C30H44FO2P/c1-18-21-14-19(27(2,3)4)16-23(30(11,12)13)26(21)33-34(31)32-24-17-20(28(5,6)7)15-22(25(18)24)29(8,9)10/h14-18H,1-13H3. The van der Waals surface area contributed by atoms with Crippen molar-refractivity contribution in [3.05, 3.63) is 57.6 Å². The number of rotatable bonds is 0. The third kappa shape index (κ3) is 5.30. The average molecular weight is 487 g/mol. The summed E-state index contributed by atoms with van der Waals surface area (Å²) in [6, 6.07) is 8.77. The molecule has 0 spiro atoms. The van der Waals surface area contributed by atoms with Crippen molar-refractivity contribution in [2.75, 3.05) is 0 Å². The molecule has 2 unspecified atom stereocenters. The van der Waals surface area contributed by atoms with E-state index in [0.29, 0.717) is 11.5 Å². The van der Waals surface area contributed by atoms with Crippen molar-refractivity contribution in [1.29, 1.82) is 0 Å². The Morgan fingerprint density at radius 3 is 1.59 bits per heavy atom. The fourth-order valence-corrected chi connectivity index (χ4v) is 5.28. The predicted molar refractivity (Wildman–Crippen MR) is 144 cm³/mol. The predicted octanol–water partition coefficient (Wildman–Crippen LogP) is 10.00. The van der Waals surface area contributed by atoms with Crippen LogP contribution in [0.4, 0.5) is 4.20 Å². The summed E-state index contributed by atoms with van der Waals surface area (Å²) >= 11 is 0. The van der Waals surface area contributed by atoms with E-state index in [1.165, 1.54) is 11.1 Å². The van der Waals surface area contributed by atoms with Gasteiger partial charge in [0, 0.05) is 22.6 Å². The Labute approximate surface area is 208 Å². The van der Waals surface area contributed by atoms with E-state index in [-0.39, 0.29) is 27.6 Å². The van der Waals surface area contributed by atoms with Crippen LogP contribution in [0.3, 0.4) is 0 Å². The molecule has 1 heterocycles. The molecule has 188 valence electrons. The van der Waals surface area contributed by atoms with Crippen LogP contribution in [-0.2, 0) is 21.7 Å². The Morgan fingerprint density at radius 2 is 1.12 bits per heavy atom. The summed E-state index contributed by atoms with van der Waals surface area (Å²) in [6.45, 7) is 28.6. The SMILES string of the molecule is CC1c2cc(C(C)(C)C)cc(C(C)(C)C)c2OP(F)Oc2cc(C(C)(C)C)cc(C(C)(C)C)c21. The molecule has 0 bridgehead atoms. The lowest BCUT2D eigenvalue weighted by Crippen LogP contribution is -2.23. The fourth-order valence-electron chi connectivity index (χ4n) is 4.59. The van der Waals surface area contributed by atoms with Crippen LogP contribution < -0.4 is 9.05 Å². The number of hydrogen-bond donors (Lipinski definition) is 0. The van der Waals surface area contributed by atoms with Gasteiger partial charge in [-0.25, -0.2) is 0 Å². The van der Waals surface area contributed by atoms with E-state index in [1.807, 2.05) is 6.07 Å². The Hall–Kier alpha value is -1.60. The van der Waals surface area contributed by atoms with Crippen LogP contribution in [0.25, 0.3) is 0 Å². The van der Waals surface area contributed by atoms with Gasteiger partial charge in [0.25, 0.3) is 0 Å². The Morgan fingerprint density at radius 1 is 0.647 bits per heavy atom. The van der Waals surface area contributed by atoms with Gasteiger partial charge in [0.1, 0.15) is 11.5 Å². The minimum atomic E-state index is -2.63. The molecule has 0 saturated carbocycles. The third-order valence-corrected chi connectivity index (χ3v) is 7.51. The molecule has 0 aromatic heterocycles. The van der Waals surface area contributed by atoms with E-state index < -0.39 is 8.69 Å². The molecular weight excluding hydrogens is 442 g/mol. The fraction of sp³-hybridized carbons (Fsp3) is 0.600. The van der Waals surface area contributed by atoms with E-state index in [2.05, 4.69) is 108 Å². The van der Waals surface area contributed by atoms with E-state index >= 15 is 4.20 Å². The molecule has 1 aliphatic heterocycles. The molecule has 0 fully saturated rings. The second-order valence-electron chi connectivity index (χ2n) is 14.0. The third-order valence-electron chi connectivity index (χ3n) is 6.84. The zero-order valence-electron chi connectivity index (χ0n) is 23.5. The van der Waals surface area contributed by atoms with Crippen LogP contribution in [0, 0.1) is 0 Å². The Bertz CT molecular complexity index is 1080. The lowest BCUT2D eigenvalue weighted by atomic mass is 9.72. The van der Waals surface area contributed by atoms with E-state index in [4.69, 9.17) is 9.05 Å². The molecule has 4 heteroatoms. The summed E-state index contributed by atoms with van der Waals surface area (Å²) in [4.78, 5) is 0. The molecule has 3 rings (SSSR count). The van der Waals surface area contributed by atoms with Crippen molar-refractivity contribution in [1.82, 2.24) is 0 Å². The van der Waals surface area contributed by atoms with E-state index in [1.54, 1.807) is 0 Å². The molecule has 0 N–H and O–H groups in total. The lowest BCUT2D eigenvalue weighted by Gasteiger charge is -2.36. The number of fused-ring (bicyclic) bond motifs is 2. The molecule has 1 aliphatic rings. The van der Waals surface area contributed by atoms with Crippen LogP contribution in [0.15, 0.2) is 24.3 Å². The summed E-state index contributed by atoms with van der Waals surface area (Å²) in [5, 5.41) is 0. The minimum absolute atomic E-state index is 0.0136. The number of halogens is 1. The first-order chi connectivity index (χ1) is 15.2. The first kappa shape index (κ1) is 27.0. The van der Waals surface area contributed by atoms with Crippen LogP contribution in [0.1, 0.15) is 129 Å². The molecule has 0 saturated heterocycles. The summed E-state index contributed by atoms with van der Waals surface area (Å²) in [7, 11) is -2.63. The smallest absolute Gasteiger partial charge is 0.414 e. The number of benzene rings is 2. The van der Waals surface area contributed by atoms with Gasteiger partial charge < -0.3 is 9.05 Å². The molecular formula is C30H44FO2P. The summed E-state index contributed by atoms with van der Waals surface area (Å²) in [5.74, 6) is 1.25. The van der Waals surface area contributed by atoms with Gasteiger partial charge in [-0.1, -0.05) is 108 Å². The molecule has 2 aromatic rings. The average Bonchev–Trinajstić information content (AvgIpc) is 2.62. The zero-order chi connectivity index (χ0) is 26.0. The summed E-state index contributed by atoms with van der Waals surface area (Å²) in [6.07, 6.45) is 0. The van der Waals surface area contributed by atoms with Gasteiger partial charge in [0.05, 0.1) is 0 Å². The molecule has 2 aromatic carbocycles. The maximum Gasteiger partial charge on any atom is 0.505 e. The van der Waals surface area contributed by atoms with E-state index in [9.17, 15) is 0 Å². The van der Waals surface area contributed by atoms with Crippen LogP contribution in [-0.4, -0.2) is 0 Å². The largest absolute Gasteiger partial charge is 0.505 e. The highest BCUT2D eigenvalue weighted by Gasteiger charge is 2.37. The van der Waals surface area contributed by atoms with Crippen LogP contribution in [0.2, 0.25) is 0 Å². The van der Waals surface area contributed by atoms with Crippen LogP contribution >= 0.6 is 8.69 Å². The maximum atomic E-state index is 15.5. The van der Waals surface area contributed by atoms with Gasteiger partial charge in [0.15, 0.2) is 0 Å². The molecule has 0 radical (unpaired) electrons. The maximum absolute atomic E-state index is 15.5. The second-order valence-corrected chi connectivity index (χ2v) is 14.8. The first-order valence-corrected chi connectivity index (χ1v) is 13.5. The van der Waals surface area contributed by atoms with Crippen molar-refractivity contribution in [3.8, 4) is 11.5 Å². The highest BCUT2D eigenvalue weighted by Crippen LogP contribution is 2.55. The van der Waals surface area contributed by atoms with Gasteiger partial charge in [-0.3, -0.25) is 0 Å². The van der Waals surface area contributed by atoms with Crippen molar-refractivity contribution >= 4 is 8.69 Å². The Kier molecular flexibility index (Phi) is 6.76. The quantitative estimate of drug-likeness (QED) is 0.345. The Balaban J connectivity index is 2.44. The van der Waals surface area contributed by atoms with Gasteiger partial charge in [-0.15, -0.1) is 4.20 Å². The van der Waals surface area contributed by atoms with E-state index in [0.717, 1.165) is 22.3 Å². The first-order valence-electron chi connectivity index (χ1n) is 12.4. The molecule has 0 aliphatic carbocycles. The summed E-state index contributed by atoms with van der Waals surface area (Å²) in [5.41, 5.74) is 6.28. The summed E-state index contributed by atoms with van der Waals surface area (Å²) < 4.78 is 27.5. The topological polar surface area (TPSA) is 18.5 Å². The van der Waals surface area contributed by atoms with Crippen molar-refractivity contribution in [3.63, 3.8) is 0 Å². The van der Waals surface area contributed by atoms with Crippen molar-refractivity contribution < 1.29 is 13.2 Å². The molecule has 34 heavy (non-hydrogen) atoms. The molecule has 0 amide bonds. The van der Waals surface area contributed by atoms with Gasteiger partial charge in [-0.05, 0) is 44.4 Å². The van der Waals surface area contributed by atoms with Gasteiger partial charge in [-0.2, -0.15) is 0 Å². The minimum Gasteiger partial charge on any atom is -0.414 e. The van der Waals surface area contributed by atoms with Crippen LogP contribution in [0.5, 0.6) is 11.5 Å². The zero-order valence-corrected chi connectivity index (χ0v) is 24.4. The second kappa shape index (κ2) is 8.51. The number of hydrogen-bond acceptors (Lipinski definition) is 2. The lowest BCUT2D eigenvalue weighted by molar-refractivity contribution is 0.410. The van der Waals surface area contributed by atoms with Crippen molar-refractivity contribution in [2.45, 2.75) is 118 Å². The van der Waals surface area contributed by atoms with Gasteiger partial charge >= 0.3 is 8.69 Å². The molecule has 2 nitrogen and oxygen atoms in total.